The van der Waals surface area contributed by atoms with Gasteiger partial charge < -0.3 is 15.2 Å². The molecular weight excluding hydrogens is 210 g/mol. The van der Waals surface area contributed by atoms with Crippen LogP contribution in [0.5, 0.6) is 0 Å². The largest absolute Gasteiger partial charge is 0.481 e. The van der Waals surface area contributed by atoms with E-state index in [2.05, 4.69) is 5.32 Å². The lowest BCUT2D eigenvalue weighted by molar-refractivity contribution is -0.154. The monoisotopic (exact) mass is 231 g/mol. The third kappa shape index (κ3) is 11.0. The number of nitrogens with one attached hydrogen (secondary N) is 1. The molecule has 0 bridgehead atoms. The Morgan fingerprint density at radius 2 is 1.81 bits per heavy atom. The van der Waals surface area contributed by atoms with Crippen LogP contribution >= 0.6 is 0 Å². The van der Waals surface area contributed by atoms with Gasteiger partial charge in [-0.2, -0.15) is 0 Å². The summed E-state index contributed by atoms with van der Waals surface area (Å²) < 4.78 is 5.11. The molecule has 2 N–H and O–H groups in total. The van der Waals surface area contributed by atoms with Crippen LogP contribution in [0.1, 0.15) is 40.0 Å². The van der Waals surface area contributed by atoms with Gasteiger partial charge in [0.15, 0.2) is 0 Å². The van der Waals surface area contributed by atoms with Crippen molar-refractivity contribution in [2.24, 2.45) is 0 Å². The van der Waals surface area contributed by atoms with Crippen molar-refractivity contribution in [3.63, 3.8) is 0 Å². The molecule has 0 saturated heterocycles. The molecule has 94 valence electrons. The highest BCUT2D eigenvalue weighted by Crippen LogP contribution is 2.07. The van der Waals surface area contributed by atoms with Crippen LogP contribution in [0, 0.1) is 0 Å². The van der Waals surface area contributed by atoms with E-state index in [0.717, 1.165) is 0 Å². The number of carboxylic acids is 1. The minimum atomic E-state index is -0.797. The molecular formula is C11H21NO4. The molecule has 0 rings (SSSR count). The maximum atomic E-state index is 11.2. The van der Waals surface area contributed by atoms with Crippen molar-refractivity contribution in [2.45, 2.75) is 45.6 Å². The lowest BCUT2D eigenvalue weighted by Crippen LogP contribution is -2.27. The fraction of sp³-hybridized carbons (Fsp3) is 0.818. The van der Waals surface area contributed by atoms with Gasteiger partial charge in [-0.1, -0.05) is 0 Å². The molecule has 0 fully saturated rings. The summed E-state index contributed by atoms with van der Waals surface area (Å²) in [5.41, 5.74) is -0.444. The van der Waals surface area contributed by atoms with E-state index in [1.807, 2.05) is 20.8 Å². The fourth-order valence-corrected chi connectivity index (χ4v) is 1.07. The molecule has 0 saturated carbocycles. The smallest absolute Gasteiger partial charge is 0.307 e. The Morgan fingerprint density at radius 1 is 1.19 bits per heavy atom. The van der Waals surface area contributed by atoms with E-state index in [9.17, 15) is 9.59 Å². The van der Waals surface area contributed by atoms with Gasteiger partial charge in [0.05, 0.1) is 6.42 Å². The van der Waals surface area contributed by atoms with Crippen molar-refractivity contribution in [3.05, 3.63) is 0 Å². The molecule has 0 atom stereocenters. The Bertz CT molecular complexity index is 233. The Labute approximate surface area is 96.2 Å². The lowest BCUT2D eigenvalue weighted by Gasteiger charge is -2.19. The van der Waals surface area contributed by atoms with Crippen LogP contribution in [-0.2, 0) is 14.3 Å². The van der Waals surface area contributed by atoms with Gasteiger partial charge in [0.25, 0.3) is 0 Å². The highest BCUT2D eigenvalue weighted by molar-refractivity contribution is 5.70. The van der Waals surface area contributed by atoms with Gasteiger partial charge >= 0.3 is 11.9 Å². The third-order valence-corrected chi connectivity index (χ3v) is 1.67. The number of carbonyl (C=O) groups is 2. The van der Waals surface area contributed by atoms with Gasteiger partial charge in [-0.3, -0.25) is 9.59 Å². The van der Waals surface area contributed by atoms with E-state index in [1.165, 1.54) is 0 Å². The van der Waals surface area contributed by atoms with Crippen molar-refractivity contribution in [2.75, 3.05) is 13.1 Å². The molecule has 0 aromatic heterocycles. The summed E-state index contributed by atoms with van der Waals surface area (Å²) in [7, 11) is 0. The normalized spacial score (nSPS) is 11.2. The SMILES string of the molecule is CC(C)(C)OC(=O)CCNCCCC(=O)O. The standard InChI is InChI=1S/C11H21NO4/c1-11(2,3)16-10(15)6-8-12-7-4-5-9(13)14/h12H,4-8H2,1-3H3,(H,13,14). The summed E-state index contributed by atoms with van der Waals surface area (Å²) in [6.07, 6.45) is 1.04. The van der Waals surface area contributed by atoms with Gasteiger partial charge in [-0.05, 0) is 33.7 Å². The first kappa shape index (κ1) is 14.9. The van der Waals surface area contributed by atoms with E-state index < -0.39 is 11.6 Å². The molecule has 0 spiro atoms. The van der Waals surface area contributed by atoms with E-state index in [1.54, 1.807) is 0 Å². The average molecular weight is 231 g/mol. The number of hydrogen-bond donors (Lipinski definition) is 2. The minimum absolute atomic E-state index is 0.152. The van der Waals surface area contributed by atoms with Crippen LogP contribution in [0.3, 0.4) is 0 Å². The highest BCUT2D eigenvalue weighted by atomic mass is 16.6. The van der Waals surface area contributed by atoms with Gasteiger partial charge in [-0.25, -0.2) is 0 Å². The van der Waals surface area contributed by atoms with Crippen LogP contribution in [0.2, 0.25) is 0 Å². The Kier molecular flexibility index (Phi) is 6.72. The number of hydrogen-bond acceptors (Lipinski definition) is 4. The minimum Gasteiger partial charge on any atom is -0.481 e. The first-order chi connectivity index (χ1) is 7.31. The topological polar surface area (TPSA) is 75.6 Å². The quantitative estimate of drug-likeness (QED) is 0.508. The van der Waals surface area contributed by atoms with Crippen molar-refractivity contribution in [1.29, 1.82) is 0 Å². The zero-order valence-electron chi connectivity index (χ0n) is 10.2. The van der Waals surface area contributed by atoms with E-state index in [-0.39, 0.29) is 12.4 Å². The number of carboxylic acid groups (broad SMARTS) is 1. The summed E-state index contributed by atoms with van der Waals surface area (Å²) in [5.74, 6) is -1.04. The van der Waals surface area contributed by atoms with Crippen molar-refractivity contribution in [1.82, 2.24) is 5.32 Å². The first-order valence-corrected chi connectivity index (χ1v) is 5.45. The molecule has 0 aromatic rings. The third-order valence-electron chi connectivity index (χ3n) is 1.67. The zero-order chi connectivity index (χ0) is 12.6. The Hall–Kier alpha value is -1.10. The summed E-state index contributed by atoms with van der Waals surface area (Å²) >= 11 is 0. The predicted molar refractivity (Wildman–Crippen MR) is 60.2 cm³/mol. The van der Waals surface area contributed by atoms with Gasteiger partial charge in [0.1, 0.15) is 5.60 Å². The molecule has 0 aliphatic carbocycles. The molecule has 16 heavy (non-hydrogen) atoms. The highest BCUT2D eigenvalue weighted by Gasteiger charge is 2.15. The van der Waals surface area contributed by atoms with Crippen LogP contribution in [0.25, 0.3) is 0 Å². The molecule has 0 heterocycles. The van der Waals surface area contributed by atoms with Crippen molar-refractivity contribution >= 4 is 11.9 Å². The summed E-state index contributed by atoms with van der Waals surface area (Å²) in [5, 5.41) is 11.4. The average Bonchev–Trinajstić information content (AvgIpc) is 2.07. The second-order valence-corrected chi connectivity index (χ2v) is 4.58. The summed E-state index contributed by atoms with van der Waals surface area (Å²) in [6, 6.07) is 0. The van der Waals surface area contributed by atoms with Crippen LogP contribution in [-0.4, -0.2) is 35.7 Å². The zero-order valence-corrected chi connectivity index (χ0v) is 10.2. The molecule has 0 aromatic carbocycles. The van der Waals surface area contributed by atoms with Gasteiger partial charge in [-0.15, -0.1) is 0 Å². The fourth-order valence-electron chi connectivity index (χ4n) is 1.07. The molecule has 0 aliphatic rings. The molecule has 0 amide bonds. The molecule has 5 nitrogen and oxygen atoms in total. The number of rotatable bonds is 7. The van der Waals surface area contributed by atoms with Crippen molar-refractivity contribution in [3.8, 4) is 0 Å². The second kappa shape index (κ2) is 7.22. The van der Waals surface area contributed by atoms with Gasteiger partial charge in [0.2, 0.25) is 0 Å². The number of ether oxygens (including phenoxy) is 1. The van der Waals surface area contributed by atoms with Crippen molar-refractivity contribution < 1.29 is 19.4 Å². The van der Waals surface area contributed by atoms with Crippen LogP contribution in [0.4, 0.5) is 0 Å². The number of esters is 1. The molecule has 0 aliphatic heterocycles. The first-order valence-electron chi connectivity index (χ1n) is 5.45. The molecule has 0 radical (unpaired) electrons. The summed E-state index contributed by atoms with van der Waals surface area (Å²) in [4.78, 5) is 21.4. The molecule has 5 heteroatoms. The van der Waals surface area contributed by atoms with Crippen LogP contribution in [0.15, 0.2) is 0 Å². The Balaban J connectivity index is 3.38. The Morgan fingerprint density at radius 3 is 2.31 bits per heavy atom. The number of carbonyl (C=O) groups excluding carboxylic acids is 1. The van der Waals surface area contributed by atoms with E-state index in [4.69, 9.17) is 9.84 Å². The van der Waals surface area contributed by atoms with Crippen LogP contribution < -0.4 is 5.32 Å². The number of aliphatic carboxylic acids is 1. The molecule has 0 unspecified atom stereocenters. The summed E-state index contributed by atoms with van der Waals surface area (Å²) in [6.45, 7) is 6.60. The maximum absolute atomic E-state index is 11.2. The second-order valence-electron chi connectivity index (χ2n) is 4.58. The van der Waals surface area contributed by atoms with E-state index >= 15 is 0 Å². The predicted octanol–water partition coefficient (Wildman–Crippen LogP) is 1.17. The van der Waals surface area contributed by atoms with E-state index in [0.29, 0.717) is 25.9 Å². The van der Waals surface area contributed by atoms with Gasteiger partial charge in [0, 0.05) is 13.0 Å². The maximum Gasteiger partial charge on any atom is 0.307 e. The lowest BCUT2D eigenvalue weighted by atomic mass is 10.2.